The highest BCUT2D eigenvalue weighted by atomic mass is 16.5. The summed E-state index contributed by atoms with van der Waals surface area (Å²) in [7, 11) is 0. The Morgan fingerprint density at radius 3 is 2.80 bits per heavy atom. The molecule has 0 aliphatic carbocycles. The maximum atomic E-state index is 12.7. The molecule has 0 aromatic carbocycles. The van der Waals surface area contributed by atoms with Gasteiger partial charge in [-0.15, -0.1) is 0 Å². The Hall–Kier alpha value is -1.16. The summed E-state index contributed by atoms with van der Waals surface area (Å²) < 4.78 is 5.64. The van der Waals surface area contributed by atoms with E-state index >= 15 is 0 Å². The number of nitriles is 1. The molecule has 142 valence electrons. The quantitative estimate of drug-likeness (QED) is 0.588. The van der Waals surface area contributed by atoms with Gasteiger partial charge >= 0.3 is 0 Å². The Morgan fingerprint density at radius 2 is 2.20 bits per heavy atom. The van der Waals surface area contributed by atoms with Crippen LogP contribution < -0.4 is 16.0 Å². The van der Waals surface area contributed by atoms with Crippen molar-refractivity contribution >= 4 is 5.91 Å². The lowest BCUT2D eigenvalue weighted by Gasteiger charge is -2.27. The van der Waals surface area contributed by atoms with E-state index in [2.05, 4.69) is 35.9 Å². The van der Waals surface area contributed by atoms with Gasteiger partial charge in [0.2, 0.25) is 5.91 Å². The van der Waals surface area contributed by atoms with E-state index in [0.29, 0.717) is 18.4 Å². The summed E-state index contributed by atoms with van der Waals surface area (Å²) in [4.78, 5) is 12.7. The molecular formula is C19H34N4O2. The molecule has 2 rings (SSSR count). The number of hydrogen-bond donors (Lipinski definition) is 3. The second-order valence-corrected chi connectivity index (χ2v) is 7.86. The summed E-state index contributed by atoms with van der Waals surface area (Å²) in [6.07, 6.45) is 6.14. The summed E-state index contributed by atoms with van der Waals surface area (Å²) in [6.45, 7) is 7.76. The van der Waals surface area contributed by atoms with Crippen LogP contribution >= 0.6 is 0 Å². The lowest BCUT2D eigenvalue weighted by molar-refractivity contribution is -0.124. The van der Waals surface area contributed by atoms with Gasteiger partial charge in [0, 0.05) is 13.2 Å². The molecule has 4 atom stereocenters. The normalized spacial score (nSPS) is 26.2. The molecule has 1 amide bonds. The number of nitrogens with zero attached hydrogens (tertiary/aromatic N) is 1. The predicted octanol–water partition coefficient (Wildman–Crippen LogP) is 1.57. The molecule has 2 heterocycles. The van der Waals surface area contributed by atoms with Crippen LogP contribution in [0.3, 0.4) is 0 Å². The number of ether oxygens (including phenoxy) is 1. The average Bonchev–Trinajstić information content (AvgIpc) is 3.12. The number of rotatable bonds is 9. The Balaban J connectivity index is 1.83. The average molecular weight is 351 g/mol. The van der Waals surface area contributed by atoms with Crippen LogP contribution in [-0.2, 0) is 9.53 Å². The van der Waals surface area contributed by atoms with Gasteiger partial charge in [-0.3, -0.25) is 4.79 Å². The minimum absolute atomic E-state index is 0.0537. The molecule has 2 aliphatic heterocycles. The van der Waals surface area contributed by atoms with Crippen LogP contribution in [-0.4, -0.2) is 50.3 Å². The summed E-state index contributed by atoms with van der Waals surface area (Å²) in [5.74, 6) is 0.833. The van der Waals surface area contributed by atoms with E-state index in [1.807, 2.05) is 0 Å². The lowest BCUT2D eigenvalue weighted by atomic mass is 9.92. The number of nitrogens with one attached hydrogen (secondary N) is 3. The Morgan fingerprint density at radius 1 is 1.36 bits per heavy atom. The number of hydrogen-bond acceptors (Lipinski definition) is 5. The van der Waals surface area contributed by atoms with E-state index < -0.39 is 6.04 Å². The maximum absolute atomic E-state index is 12.7. The third kappa shape index (κ3) is 7.31. The summed E-state index contributed by atoms with van der Waals surface area (Å²) in [5, 5.41) is 19.1. The van der Waals surface area contributed by atoms with E-state index in [9.17, 15) is 10.1 Å². The zero-order valence-corrected chi connectivity index (χ0v) is 15.7. The van der Waals surface area contributed by atoms with Crippen molar-refractivity contribution in [3.8, 4) is 6.07 Å². The molecule has 6 nitrogen and oxygen atoms in total. The fourth-order valence-corrected chi connectivity index (χ4v) is 3.71. The summed E-state index contributed by atoms with van der Waals surface area (Å²) >= 11 is 0. The van der Waals surface area contributed by atoms with Crippen molar-refractivity contribution in [2.45, 2.75) is 70.6 Å². The zero-order chi connectivity index (χ0) is 18.1. The molecule has 0 bridgehead atoms. The van der Waals surface area contributed by atoms with E-state index in [-0.39, 0.29) is 18.1 Å². The molecule has 2 aliphatic rings. The minimum Gasteiger partial charge on any atom is -0.377 e. The fraction of sp³-hybridized carbons (Fsp3) is 0.895. The first-order valence-electron chi connectivity index (χ1n) is 9.84. The molecule has 25 heavy (non-hydrogen) atoms. The van der Waals surface area contributed by atoms with E-state index in [1.165, 1.54) is 0 Å². The molecule has 0 unspecified atom stereocenters. The zero-order valence-electron chi connectivity index (χ0n) is 15.7. The smallest absolute Gasteiger partial charge is 0.238 e. The topological polar surface area (TPSA) is 86.2 Å². The van der Waals surface area contributed by atoms with Crippen LogP contribution in [0.1, 0.15) is 52.4 Å². The largest absolute Gasteiger partial charge is 0.377 e. The number of amides is 1. The fourth-order valence-electron chi connectivity index (χ4n) is 3.71. The van der Waals surface area contributed by atoms with Gasteiger partial charge in [0.1, 0.15) is 6.04 Å². The third-order valence-electron chi connectivity index (χ3n) is 5.08. The summed E-state index contributed by atoms with van der Waals surface area (Å²) in [6, 6.07) is 1.61. The molecule has 0 aromatic rings. The monoisotopic (exact) mass is 350 g/mol. The van der Waals surface area contributed by atoms with Gasteiger partial charge in [-0.25, -0.2) is 0 Å². The van der Waals surface area contributed by atoms with Crippen molar-refractivity contribution in [2.24, 2.45) is 11.8 Å². The van der Waals surface area contributed by atoms with Crippen LogP contribution in [0.4, 0.5) is 0 Å². The first kappa shape index (κ1) is 20.2. The van der Waals surface area contributed by atoms with Crippen LogP contribution in [0.25, 0.3) is 0 Å². The van der Waals surface area contributed by atoms with Gasteiger partial charge in [0.05, 0.1) is 18.2 Å². The Bertz CT molecular complexity index is 437. The molecular weight excluding hydrogens is 316 g/mol. The van der Waals surface area contributed by atoms with Crippen molar-refractivity contribution in [2.75, 3.05) is 26.2 Å². The van der Waals surface area contributed by atoms with Crippen LogP contribution in [0.5, 0.6) is 0 Å². The third-order valence-corrected chi connectivity index (χ3v) is 5.08. The molecule has 0 aromatic heterocycles. The van der Waals surface area contributed by atoms with Crippen molar-refractivity contribution < 1.29 is 9.53 Å². The molecule has 0 radical (unpaired) electrons. The SMILES string of the molecule is CC(C)C[C@H](NC[C@@H]1CCCO1)C(=O)N[C@H](C#N)C[C@@H]1CCCNC1. The highest BCUT2D eigenvalue weighted by Gasteiger charge is 2.26. The van der Waals surface area contributed by atoms with Crippen molar-refractivity contribution in [1.82, 2.24) is 16.0 Å². The van der Waals surface area contributed by atoms with Gasteiger partial charge in [0.25, 0.3) is 0 Å². The molecule has 2 fully saturated rings. The standard InChI is InChI=1S/C19H34N4O2/c1-14(2)9-18(22-13-17-6-4-8-25-17)19(24)23-16(11-20)10-15-5-3-7-21-12-15/h14-18,21-22H,3-10,12-13H2,1-2H3,(H,23,24)/t15-,16-,17-,18-/m0/s1. The Kier molecular flexibility index (Phi) is 8.66. The van der Waals surface area contributed by atoms with Gasteiger partial charge in [-0.2, -0.15) is 5.26 Å². The molecule has 0 spiro atoms. The number of piperidine rings is 1. The van der Waals surface area contributed by atoms with E-state index in [1.54, 1.807) is 0 Å². The first-order chi connectivity index (χ1) is 12.1. The molecule has 6 heteroatoms. The Labute approximate surface area is 152 Å². The maximum Gasteiger partial charge on any atom is 0.238 e. The van der Waals surface area contributed by atoms with Crippen LogP contribution in [0.15, 0.2) is 0 Å². The predicted molar refractivity (Wildman–Crippen MR) is 98.0 cm³/mol. The number of carbonyl (C=O) groups is 1. The molecule has 2 saturated heterocycles. The van der Waals surface area contributed by atoms with Gasteiger partial charge in [-0.1, -0.05) is 13.8 Å². The van der Waals surface area contributed by atoms with Gasteiger partial charge in [-0.05, 0) is 63.5 Å². The van der Waals surface area contributed by atoms with Crippen molar-refractivity contribution in [3.05, 3.63) is 0 Å². The molecule has 3 N–H and O–H groups in total. The van der Waals surface area contributed by atoms with Crippen molar-refractivity contribution in [1.29, 1.82) is 5.26 Å². The van der Waals surface area contributed by atoms with E-state index in [4.69, 9.17) is 4.74 Å². The van der Waals surface area contributed by atoms with Gasteiger partial charge < -0.3 is 20.7 Å². The van der Waals surface area contributed by atoms with Crippen molar-refractivity contribution in [3.63, 3.8) is 0 Å². The molecule has 0 saturated carbocycles. The lowest BCUT2D eigenvalue weighted by Crippen LogP contribution is -2.50. The van der Waals surface area contributed by atoms with E-state index in [0.717, 1.165) is 58.2 Å². The van der Waals surface area contributed by atoms with Crippen LogP contribution in [0, 0.1) is 23.2 Å². The first-order valence-corrected chi connectivity index (χ1v) is 9.84. The van der Waals surface area contributed by atoms with Gasteiger partial charge in [0.15, 0.2) is 0 Å². The summed E-state index contributed by atoms with van der Waals surface area (Å²) in [5.41, 5.74) is 0. The highest BCUT2D eigenvalue weighted by molar-refractivity contribution is 5.82. The second kappa shape index (κ2) is 10.7. The van der Waals surface area contributed by atoms with Crippen LogP contribution in [0.2, 0.25) is 0 Å². The highest BCUT2D eigenvalue weighted by Crippen LogP contribution is 2.16. The number of carbonyl (C=O) groups excluding carboxylic acids is 1. The second-order valence-electron chi connectivity index (χ2n) is 7.86. The minimum atomic E-state index is -0.406.